The van der Waals surface area contributed by atoms with Gasteiger partial charge in [0.05, 0.1) is 11.1 Å². The number of anilines is 1. The van der Waals surface area contributed by atoms with E-state index in [4.69, 9.17) is 17.3 Å². The Morgan fingerprint density at radius 1 is 0.680 bits per heavy atom. The second kappa shape index (κ2) is 18.1. The average molecular weight is 755 g/mol. The Kier molecular flexibility index (Phi) is 15.8. The molecular formula is C32H37Cl2F6N6O4-. The maximum Gasteiger partial charge on any atom is 0.416 e. The number of alkyl halides is 6. The fourth-order valence-corrected chi connectivity index (χ4v) is 4.51. The van der Waals surface area contributed by atoms with Crippen LogP contribution in [0.15, 0.2) is 79.8 Å². The maximum absolute atomic E-state index is 12.8. The predicted molar refractivity (Wildman–Crippen MR) is 176 cm³/mol. The van der Waals surface area contributed by atoms with Crippen LogP contribution in [-0.4, -0.2) is 19.1 Å². The molecule has 0 aliphatic rings. The summed E-state index contributed by atoms with van der Waals surface area (Å²) in [6, 6.07) is 11.0. The summed E-state index contributed by atoms with van der Waals surface area (Å²) in [7, 11) is 0. The Hall–Kier alpha value is -4.28. The lowest BCUT2D eigenvalue weighted by atomic mass is 10.0. The van der Waals surface area contributed by atoms with Gasteiger partial charge >= 0.3 is 23.7 Å². The highest BCUT2D eigenvalue weighted by atomic mass is 35.5. The van der Waals surface area contributed by atoms with Gasteiger partial charge in [-0.25, -0.2) is 9.59 Å². The first-order chi connectivity index (χ1) is 22.5. The lowest BCUT2D eigenvalue weighted by Crippen LogP contribution is -3.00. The van der Waals surface area contributed by atoms with Crippen LogP contribution in [0, 0.1) is 0 Å². The number of nitrogens with zero attached hydrogens (tertiary/aromatic N) is 2. The number of nitrogens with two attached hydrogens (primary N) is 1. The summed E-state index contributed by atoms with van der Waals surface area (Å²) < 4.78 is 77.0. The van der Waals surface area contributed by atoms with E-state index in [1.165, 1.54) is 24.3 Å². The Balaban J connectivity index is 0.000000407. The zero-order chi connectivity index (χ0) is 37.4. The van der Waals surface area contributed by atoms with Gasteiger partial charge in [0.1, 0.15) is 11.0 Å². The van der Waals surface area contributed by atoms with Crippen molar-refractivity contribution in [3.63, 3.8) is 0 Å². The number of hydrogen-bond acceptors (Lipinski definition) is 6. The molecule has 18 heteroatoms. The molecule has 0 unspecified atom stereocenters. The third-order valence-corrected chi connectivity index (χ3v) is 6.96. The second-order valence-corrected chi connectivity index (χ2v) is 11.8. The van der Waals surface area contributed by atoms with Gasteiger partial charge in [-0.05, 0) is 76.9 Å². The van der Waals surface area contributed by atoms with Crippen molar-refractivity contribution in [1.29, 1.82) is 0 Å². The van der Waals surface area contributed by atoms with Crippen molar-refractivity contribution in [3.8, 4) is 0 Å². The molecule has 2 heterocycles. The zero-order valence-electron chi connectivity index (χ0n) is 27.7. The first-order valence-electron chi connectivity index (χ1n) is 14.8. The Morgan fingerprint density at radius 3 is 1.50 bits per heavy atom. The van der Waals surface area contributed by atoms with E-state index in [1.54, 1.807) is 53.7 Å². The molecule has 0 radical (unpaired) electrons. The quantitative estimate of drug-likeness (QED) is 0.174. The van der Waals surface area contributed by atoms with E-state index in [9.17, 15) is 45.5 Å². The standard InChI is InChI=1S/C16H18F3N3O2.C9H10F3N.C7H9ClN2O2.ClH/c1-9(2)22-14(23)8-13(21-15(22)24)20-10(3)11-5-4-6-12(7-11)16(17,18)19;1-6(13)7-3-2-4-8(5-7)9(10,11)12;1-4(2)10-6(11)3-5(8)9-7(10)12;/h4-10,20H,1-3H3,(H,21,24);2-6H,13H2,1H3;3-4H,1-2H3,(H,9,12);1H/p-1/t10-;6-;;/m00../s1. The highest BCUT2D eigenvalue weighted by Gasteiger charge is 2.31. The largest absolute Gasteiger partial charge is 1.00 e. The number of aromatic nitrogens is 4. The van der Waals surface area contributed by atoms with E-state index in [2.05, 4.69) is 15.3 Å². The normalized spacial score (nSPS) is 12.6. The molecule has 0 saturated carbocycles. The molecule has 4 rings (SSSR count). The molecular weight excluding hydrogens is 717 g/mol. The fourth-order valence-electron chi connectivity index (χ4n) is 4.34. The highest BCUT2D eigenvalue weighted by molar-refractivity contribution is 6.29. The summed E-state index contributed by atoms with van der Waals surface area (Å²) in [5.41, 5.74) is 3.04. The summed E-state index contributed by atoms with van der Waals surface area (Å²) in [6.45, 7) is 10.2. The number of rotatable bonds is 6. The van der Waals surface area contributed by atoms with Crippen LogP contribution in [0.4, 0.5) is 32.2 Å². The Bertz CT molecular complexity index is 1890. The van der Waals surface area contributed by atoms with Crippen molar-refractivity contribution in [1.82, 2.24) is 19.1 Å². The topological polar surface area (TPSA) is 148 Å². The van der Waals surface area contributed by atoms with Gasteiger partial charge in [0.25, 0.3) is 11.1 Å². The average Bonchev–Trinajstić information content (AvgIpc) is 2.96. The molecule has 5 N–H and O–H groups in total. The zero-order valence-corrected chi connectivity index (χ0v) is 29.2. The molecule has 2 atom stereocenters. The smallest absolute Gasteiger partial charge is 0.416 e. The monoisotopic (exact) mass is 753 g/mol. The minimum atomic E-state index is -4.43. The molecule has 2 aromatic carbocycles. The van der Waals surface area contributed by atoms with Crippen LogP contribution < -0.4 is 46.0 Å². The van der Waals surface area contributed by atoms with E-state index in [1.807, 2.05) is 0 Å². The lowest BCUT2D eigenvalue weighted by molar-refractivity contribution is -0.138. The molecule has 276 valence electrons. The SMILES string of the molecule is CC(C)n1c(=O)cc(Cl)[nH]c1=O.CC(C)n1c(=O)cc(N[C@@H](C)c2cccc(C(F)(F)F)c2)[nH]c1=O.C[C@H](N)c1cccc(C(F)(F)F)c1.[Cl-]. The number of H-pyrrole nitrogens is 2. The molecule has 50 heavy (non-hydrogen) atoms. The number of benzene rings is 2. The molecule has 0 bridgehead atoms. The van der Waals surface area contributed by atoms with Gasteiger partial charge in [-0.15, -0.1) is 0 Å². The second-order valence-electron chi connectivity index (χ2n) is 11.4. The van der Waals surface area contributed by atoms with Crippen LogP contribution in [0.3, 0.4) is 0 Å². The van der Waals surface area contributed by atoms with Crippen molar-refractivity contribution >= 4 is 17.4 Å². The van der Waals surface area contributed by atoms with Crippen LogP contribution in [0.1, 0.15) is 88.0 Å². The van der Waals surface area contributed by atoms with Crippen molar-refractivity contribution in [2.75, 3.05) is 5.32 Å². The highest BCUT2D eigenvalue weighted by Crippen LogP contribution is 2.32. The minimum Gasteiger partial charge on any atom is -1.00 e. The summed E-state index contributed by atoms with van der Waals surface area (Å²) in [6.07, 6.45) is -8.72. The maximum atomic E-state index is 12.8. The predicted octanol–water partition coefficient (Wildman–Crippen LogP) is 3.81. The molecule has 0 amide bonds. The van der Waals surface area contributed by atoms with Gasteiger partial charge < -0.3 is 23.5 Å². The lowest BCUT2D eigenvalue weighted by Gasteiger charge is -2.17. The summed E-state index contributed by atoms with van der Waals surface area (Å²) in [5.74, 6) is 0.159. The molecule has 0 aliphatic carbocycles. The van der Waals surface area contributed by atoms with E-state index in [0.29, 0.717) is 11.1 Å². The fraction of sp³-hybridized carbons (Fsp3) is 0.375. The van der Waals surface area contributed by atoms with E-state index < -0.39 is 46.5 Å². The van der Waals surface area contributed by atoms with Crippen molar-refractivity contribution in [2.45, 2.75) is 78.1 Å². The van der Waals surface area contributed by atoms with Crippen LogP contribution in [0.25, 0.3) is 0 Å². The number of nitrogens with one attached hydrogen (secondary N) is 3. The van der Waals surface area contributed by atoms with Crippen LogP contribution in [-0.2, 0) is 12.4 Å². The number of aromatic amines is 2. The van der Waals surface area contributed by atoms with Crippen molar-refractivity contribution < 1.29 is 38.7 Å². The molecule has 0 fully saturated rings. The minimum absolute atomic E-state index is 0. The molecule has 10 nitrogen and oxygen atoms in total. The van der Waals surface area contributed by atoms with Gasteiger partial charge in [0, 0.05) is 36.3 Å². The van der Waals surface area contributed by atoms with Crippen molar-refractivity contribution in [2.24, 2.45) is 5.73 Å². The van der Waals surface area contributed by atoms with Crippen LogP contribution in [0.5, 0.6) is 0 Å². The number of hydrogen-bond donors (Lipinski definition) is 4. The van der Waals surface area contributed by atoms with Gasteiger partial charge in [-0.3, -0.25) is 28.7 Å². The van der Waals surface area contributed by atoms with Gasteiger partial charge in [0.15, 0.2) is 0 Å². The molecule has 0 aliphatic heterocycles. The Labute approximate surface area is 293 Å². The third kappa shape index (κ3) is 12.6. The summed E-state index contributed by atoms with van der Waals surface area (Å²) in [4.78, 5) is 51.0. The van der Waals surface area contributed by atoms with E-state index in [0.717, 1.165) is 33.4 Å². The molecule has 2 aromatic heterocycles. The summed E-state index contributed by atoms with van der Waals surface area (Å²) in [5, 5.41) is 2.92. The van der Waals surface area contributed by atoms with Crippen LogP contribution >= 0.6 is 11.6 Å². The van der Waals surface area contributed by atoms with E-state index >= 15 is 0 Å². The molecule has 0 spiro atoms. The first-order valence-corrected chi connectivity index (χ1v) is 15.1. The third-order valence-electron chi connectivity index (χ3n) is 6.76. The number of halogens is 8. The molecule has 4 aromatic rings. The van der Waals surface area contributed by atoms with Crippen LogP contribution in [0.2, 0.25) is 5.15 Å². The molecule has 0 saturated heterocycles. The van der Waals surface area contributed by atoms with E-state index in [-0.39, 0.29) is 47.1 Å². The van der Waals surface area contributed by atoms with Crippen molar-refractivity contribution in [3.05, 3.63) is 130 Å². The van der Waals surface area contributed by atoms with Gasteiger partial charge in [-0.1, -0.05) is 35.9 Å². The first kappa shape index (κ1) is 43.7. The van der Waals surface area contributed by atoms with Gasteiger partial charge in [-0.2, -0.15) is 26.3 Å². The van der Waals surface area contributed by atoms with Gasteiger partial charge in [0.2, 0.25) is 0 Å². The summed E-state index contributed by atoms with van der Waals surface area (Å²) >= 11 is 5.46. The Morgan fingerprint density at radius 2 is 1.10 bits per heavy atom.